The fourth-order valence-corrected chi connectivity index (χ4v) is 1.84. The number of ether oxygens (including phenoxy) is 2. The molecule has 2 rings (SSSR count). The van der Waals surface area contributed by atoms with Gasteiger partial charge in [0, 0.05) is 0 Å². The van der Waals surface area contributed by atoms with Gasteiger partial charge in [-0.25, -0.2) is 9.59 Å². The molecule has 0 aliphatic heterocycles. The lowest BCUT2D eigenvalue weighted by atomic mass is 10.0. The molecule has 104 valence electrons. The van der Waals surface area contributed by atoms with Gasteiger partial charge in [-0.1, -0.05) is 12.1 Å². The highest BCUT2D eigenvalue weighted by Gasteiger charge is 2.10. The van der Waals surface area contributed by atoms with Gasteiger partial charge in [0.1, 0.15) is 6.61 Å². The lowest BCUT2D eigenvalue weighted by Crippen LogP contribution is -2.08. The molecule has 0 amide bonds. The Bertz CT molecular complexity index is 648. The summed E-state index contributed by atoms with van der Waals surface area (Å²) in [5.41, 5.74) is 0.854. The number of rotatable bonds is 4. The largest absolute Gasteiger partial charge is 0.465 e. The van der Waals surface area contributed by atoms with Crippen molar-refractivity contribution in [3.8, 4) is 0 Å². The molecule has 0 saturated carbocycles. The zero-order chi connectivity index (χ0) is 14.5. The van der Waals surface area contributed by atoms with Crippen molar-refractivity contribution < 1.29 is 24.2 Å². The number of esters is 2. The molecular weight excluding hydrogens is 260 g/mol. The number of hydrogen-bond acceptors (Lipinski definition) is 5. The lowest BCUT2D eigenvalue weighted by molar-refractivity contribution is 0.0433. The van der Waals surface area contributed by atoms with Gasteiger partial charge in [-0.15, -0.1) is 0 Å². The number of benzene rings is 2. The highest BCUT2D eigenvalue weighted by Crippen LogP contribution is 2.19. The van der Waals surface area contributed by atoms with Crippen LogP contribution in [0, 0.1) is 0 Å². The first-order chi connectivity index (χ1) is 9.65. The number of aliphatic hydroxyl groups is 1. The van der Waals surface area contributed by atoms with Crippen molar-refractivity contribution in [1.29, 1.82) is 0 Å². The molecule has 0 aromatic heterocycles. The smallest absolute Gasteiger partial charge is 0.338 e. The number of carbonyl (C=O) groups is 2. The molecule has 0 saturated heterocycles. The van der Waals surface area contributed by atoms with E-state index in [0.717, 1.165) is 10.8 Å². The summed E-state index contributed by atoms with van der Waals surface area (Å²) in [5.74, 6) is -0.892. The van der Waals surface area contributed by atoms with Gasteiger partial charge in [0.05, 0.1) is 24.8 Å². The second-order valence-corrected chi connectivity index (χ2v) is 4.13. The van der Waals surface area contributed by atoms with Gasteiger partial charge in [0.25, 0.3) is 0 Å². The van der Waals surface area contributed by atoms with Crippen LogP contribution in [0.15, 0.2) is 36.4 Å². The number of carbonyl (C=O) groups excluding carboxylic acids is 2. The zero-order valence-electron chi connectivity index (χ0n) is 11.0. The molecule has 0 aliphatic carbocycles. The van der Waals surface area contributed by atoms with Gasteiger partial charge in [0.2, 0.25) is 0 Å². The van der Waals surface area contributed by atoms with Crippen molar-refractivity contribution in [1.82, 2.24) is 0 Å². The summed E-state index contributed by atoms with van der Waals surface area (Å²) in [6, 6.07) is 10.1. The standard InChI is InChI=1S/C15H14O5/c1-19-14(17)12-4-2-11-9-13(5-3-10(11)8-12)15(18)20-7-6-16/h2-5,8-9,16H,6-7H2,1H3. The highest BCUT2D eigenvalue weighted by atomic mass is 16.5. The third kappa shape index (κ3) is 2.95. The minimum atomic E-state index is -0.488. The van der Waals surface area contributed by atoms with E-state index in [4.69, 9.17) is 9.84 Å². The Labute approximate surface area is 115 Å². The molecule has 0 aliphatic rings. The maximum atomic E-state index is 11.7. The van der Waals surface area contributed by atoms with E-state index in [1.807, 2.05) is 0 Å². The van der Waals surface area contributed by atoms with E-state index in [0.29, 0.717) is 11.1 Å². The first kappa shape index (κ1) is 14.0. The minimum Gasteiger partial charge on any atom is -0.465 e. The topological polar surface area (TPSA) is 72.8 Å². The van der Waals surface area contributed by atoms with E-state index in [1.54, 1.807) is 36.4 Å². The molecule has 5 heteroatoms. The van der Waals surface area contributed by atoms with Crippen molar-refractivity contribution in [2.45, 2.75) is 0 Å². The third-order valence-electron chi connectivity index (χ3n) is 2.82. The van der Waals surface area contributed by atoms with E-state index in [1.165, 1.54) is 7.11 Å². The fraction of sp³-hybridized carbons (Fsp3) is 0.200. The maximum Gasteiger partial charge on any atom is 0.338 e. The van der Waals surface area contributed by atoms with Crippen LogP contribution in [0.5, 0.6) is 0 Å². The number of methoxy groups -OCH3 is 1. The summed E-state index contributed by atoms with van der Waals surface area (Å²) in [4.78, 5) is 23.1. The predicted octanol–water partition coefficient (Wildman–Crippen LogP) is 1.78. The van der Waals surface area contributed by atoms with Crippen LogP contribution in [-0.2, 0) is 9.47 Å². The molecule has 2 aromatic rings. The monoisotopic (exact) mass is 274 g/mol. The molecule has 0 atom stereocenters. The molecule has 0 bridgehead atoms. The molecule has 1 N–H and O–H groups in total. The van der Waals surface area contributed by atoms with Crippen molar-refractivity contribution in [2.24, 2.45) is 0 Å². The van der Waals surface area contributed by atoms with Crippen LogP contribution in [0.3, 0.4) is 0 Å². The van der Waals surface area contributed by atoms with Crippen LogP contribution in [0.4, 0.5) is 0 Å². The minimum absolute atomic E-state index is 0.0296. The zero-order valence-corrected chi connectivity index (χ0v) is 11.0. The van der Waals surface area contributed by atoms with Gasteiger partial charge < -0.3 is 14.6 Å². The first-order valence-corrected chi connectivity index (χ1v) is 6.06. The molecule has 0 radical (unpaired) electrons. The number of fused-ring (bicyclic) bond motifs is 1. The second kappa shape index (κ2) is 6.16. The molecule has 5 nitrogen and oxygen atoms in total. The quantitative estimate of drug-likeness (QED) is 0.860. The Morgan fingerprint density at radius 1 is 1.00 bits per heavy atom. The van der Waals surface area contributed by atoms with E-state index < -0.39 is 11.9 Å². The third-order valence-corrected chi connectivity index (χ3v) is 2.82. The van der Waals surface area contributed by atoms with Crippen LogP contribution < -0.4 is 0 Å². The molecular formula is C15H14O5. The lowest BCUT2D eigenvalue weighted by Gasteiger charge is -2.05. The van der Waals surface area contributed by atoms with Crippen molar-refractivity contribution in [3.63, 3.8) is 0 Å². The summed E-state index contributed by atoms with van der Waals surface area (Å²) in [7, 11) is 1.33. The Hall–Kier alpha value is -2.40. The fourth-order valence-electron chi connectivity index (χ4n) is 1.84. The van der Waals surface area contributed by atoms with Crippen LogP contribution in [0.2, 0.25) is 0 Å². The van der Waals surface area contributed by atoms with Gasteiger partial charge in [-0.2, -0.15) is 0 Å². The van der Waals surface area contributed by atoms with Gasteiger partial charge in [-0.3, -0.25) is 0 Å². The second-order valence-electron chi connectivity index (χ2n) is 4.13. The summed E-state index contributed by atoms with van der Waals surface area (Å²) < 4.78 is 9.50. The molecule has 0 fully saturated rings. The average Bonchev–Trinajstić information content (AvgIpc) is 2.50. The number of aliphatic hydroxyl groups excluding tert-OH is 1. The average molecular weight is 274 g/mol. The summed E-state index contributed by atoms with van der Waals surface area (Å²) in [5, 5.41) is 10.3. The van der Waals surface area contributed by atoms with E-state index >= 15 is 0 Å². The molecule has 0 heterocycles. The van der Waals surface area contributed by atoms with Crippen LogP contribution in [-0.4, -0.2) is 37.4 Å². The van der Waals surface area contributed by atoms with Gasteiger partial charge >= 0.3 is 11.9 Å². The maximum absolute atomic E-state index is 11.7. The summed E-state index contributed by atoms with van der Waals surface area (Å²) >= 11 is 0. The van der Waals surface area contributed by atoms with Crippen molar-refractivity contribution in [2.75, 3.05) is 20.3 Å². The van der Waals surface area contributed by atoms with E-state index in [9.17, 15) is 9.59 Å². The summed E-state index contributed by atoms with van der Waals surface area (Å²) in [6.07, 6.45) is 0. The Balaban J connectivity index is 2.31. The highest BCUT2D eigenvalue weighted by molar-refractivity contribution is 5.98. The normalized spacial score (nSPS) is 10.3. The van der Waals surface area contributed by atoms with Gasteiger partial charge in [0.15, 0.2) is 0 Å². The predicted molar refractivity (Wildman–Crippen MR) is 72.7 cm³/mol. The van der Waals surface area contributed by atoms with Crippen molar-refractivity contribution >= 4 is 22.7 Å². The van der Waals surface area contributed by atoms with Crippen LogP contribution in [0.25, 0.3) is 10.8 Å². The van der Waals surface area contributed by atoms with Crippen molar-refractivity contribution in [3.05, 3.63) is 47.5 Å². The number of hydrogen-bond donors (Lipinski definition) is 1. The molecule has 0 unspecified atom stereocenters. The first-order valence-electron chi connectivity index (χ1n) is 6.06. The van der Waals surface area contributed by atoms with Crippen LogP contribution in [0.1, 0.15) is 20.7 Å². The Morgan fingerprint density at radius 2 is 1.55 bits per heavy atom. The molecule has 2 aromatic carbocycles. The van der Waals surface area contributed by atoms with E-state index in [-0.39, 0.29) is 13.2 Å². The molecule has 0 spiro atoms. The van der Waals surface area contributed by atoms with Gasteiger partial charge in [-0.05, 0) is 35.0 Å². The van der Waals surface area contributed by atoms with E-state index in [2.05, 4.69) is 4.74 Å². The van der Waals surface area contributed by atoms with Crippen LogP contribution >= 0.6 is 0 Å². The SMILES string of the molecule is COC(=O)c1ccc2cc(C(=O)OCCO)ccc2c1. The Kier molecular flexibility index (Phi) is 4.32. The Morgan fingerprint density at radius 3 is 2.05 bits per heavy atom. The molecule has 20 heavy (non-hydrogen) atoms. The summed E-state index contributed by atoms with van der Waals surface area (Å²) in [6.45, 7) is -0.236.